The van der Waals surface area contributed by atoms with E-state index >= 15 is 0 Å². The highest BCUT2D eigenvalue weighted by Gasteiger charge is 2.41. The highest BCUT2D eigenvalue weighted by atomic mass is 16.4. The maximum absolute atomic E-state index is 12.8. The summed E-state index contributed by atoms with van der Waals surface area (Å²) in [6.45, 7) is 3.47. The van der Waals surface area contributed by atoms with E-state index in [9.17, 15) is 24.3 Å². The number of rotatable bonds is 7. The molecule has 0 aromatic heterocycles. The van der Waals surface area contributed by atoms with Crippen molar-refractivity contribution in [2.45, 2.75) is 58.0 Å². The third kappa shape index (κ3) is 4.70. The Bertz CT molecular complexity index is 544. The van der Waals surface area contributed by atoms with Crippen LogP contribution in [0.2, 0.25) is 0 Å². The topological polar surface area (TPSA) is 107 Å². The van der Waals surface area contributed by atoms with Crippen LogP contribution in [0, 0.1) is 5.92 Å². The molecule has 1 saturated carbocycles. The highest BCUT2D eigenvalue weighted by molar-refractivity contribution is 5.91. The lowest BCUT2D eigenvalue weighted by atomic mass is 10.1. The van der Waals surface area contributed by atoms with E-state index in [1.54, 1.807) is 4.90 Å². The third-order valence-corrected chi connectivity index (χ3v) is 5.11. The molecule has 0 radical (unpaired) electrons. The molecule has 0 bridgehead atoms. The first-order valence-electron chi connectivity index (χ1n) is 8.88. The Morgan fingerprint density at radius 2 is 1.96 bits per heavy atom. The van der Waals surface area contributed by atoms with E-state index in [-0.39, 0.29) is 43.3 Å². The second-order valence-corrected chi connectivity index (χ2v) is 6.91. The van der Waals surface area contributed by atoms with Gasteiger partial charge in [-0.05, 0) is 19.8 Å². The normalized spacial score (nSPS) is 22.1. The maximum Gasteiger partial charge on any atom is 0.326 e. The van der Waals surface area contributed by atoms with Crippen LogP contribution in [0.15, 0.2) is 0 Å². The van der Waals surface area contributed by atoms with Gasteiger partial charge in [-0.25, -0.2) is 4.79 Å². The summed E-state index contributed by atoms with van der Waals surface area (Å²) in [4.78, 5) is 50.5. The molecule has 2 atom stereocenters. The van der Waals surface area contributed by atoms with Gasteiger partial charge < -0.3 is 20.2 Å². The average molecular weight is 353 g/mol. The summed E-state index contributed by atoms with van der Waals surface area (Å²) in [7, 11) is 0. The van der Waals surface area contributed by atoms with E-state index in [1.165, 1.54) is 18.7 Å². The fourth-order valence-corrected chi connectivity index (χ4v) is 3.68. The van der Waals surface area contributed by atoms with Gasteiger partial charge in [-0.3, -0.25) is 14.4 Å². The molecule has 3 amide bonds. The first-order chi connectivity index (χ1) is 11.8. The summed E-state index contributed by atoms with van der Waals surface area (Å²) in [6, 6.07) is -0.785. The molecule has 0 spiro atoms. The fraction of sp³-hybridized carbons (Fsp3) is 0.765. The molecule has 2 aliphatic rings. The van der Waals surface area contributed by atoms with Crippen LogP contribution in [-0.4, -0.2) is 70.3 Å². The maximum atomic E-state index is 12.8. The Labute approximate surface area is 147 Å². The van der Waals surface area contributed by atoms with E-state index in [0.29, 0.717) is 6.54 Å². The van der Waals surface area contributed by atoms with Gasteiger partial charge in [-0.1, -0.05) is 12.8 Å². The standard InChI is InChI=1S/C17H27N3O5/c1-11(17(24)25)19(8-7-18-12(2)21)16(23)13-9-15(22)20(10-13)14-5-3-4-6-14/h11,13-14H,3-10H2,1-2H3,(H,18,21)(H,24,25). The molecule has 1 heterocycles. The van der Waals surface area contributed by atoms with E-state index in [2.05, 4.69) is 5.32 Å². The molecule has 1 saturated heterocycles. The van der Waals surface area contributed by atoms with Crippen molar-refractivity contribution < 1.29 is 24.3 Å². The van der Waals surface area contributed by atoms with Gasteiger partial charge in [0.2, 0.25) is 17.7 Å². The lowest BCUT2D eigenvalue weighted by molar-refractivity contribution is -0.151. The van der Waals surface area contributed by atoms with Gasteiger partial charge >= 0.3 is 5.97 Å². The average Bonchev–Trinajstić information content (AvgIpc) is 3.19. The van der Waals surface area contributed by atoms with Crippen LogP contribution in [0.25, 0.3) is 0 Å². The molecule has 2 rings (SSSR count). The van der Waals surface area contributed by atoms with Gasteiger partial charge in [-0.15, -0.1) is 0 Å². The van der Waals surface area contributed by atoms with Crippen molar-refractivity contribution in [1.82, 2.24) is 15.1 Å². The lowest BCUT2D eigenvalue weighted by Gasteiger charge is -2.29. The zero-order chi connectivity index (χ0) is 18.6. The van der Waals surface area contributed by atoms with Gasteiger partial charge in [0.25, 0.3) is 0 Å². The van der Waals surface area contributed by atoms with Crippen molar-refractivity contribution in [3.63, 3.8) is 0 Å². The number of amides is 3. The third-order valence-electron chi connectivity index (χ3n) is 5.11. The zero-order valence-corrected chi connectivity index (χ0v) is 14.9. The molecule has 1 aliphatic carbocycles. The SMILES string of the molecule is CC(=O)NCCN(C(=O)C1CC(=O)N(C2CCCC2)C1)C(C)C(=O)O. The Hall–Kier alpha value is -2.12. The first-order valence-corrected chi connectivity index (χ1v) is 8.88. The molecule has 8 heteroatoms. The van der Waals surface area contributed by atoms with Crippen molar-refractivity contribution in [2.24, 2.45) is 5.92 Å². The molecule has 2 N–H and O–H groups in total. The van der Waals surface area contributed by atoms with E-state index in [1.807, 2.05) is 0 Å². The number of carbonyl (C=O) groups excluding carboxylic acids is 3. The highest BCUT2D eigenvalue weighted by Crippen LogP contribution is 2.30. The van der Waals surface area contributed by atoms with Gasteiger partial charge in [0.05, 0.1) is 5.92 Å². The predicted octanol–water partition coefficient (Wildman–Crippen LogP) is 0.215. The molecule has 0 aromatic carbocycles. The van der Waals surface area contributed by atoms with Gasteiger partial charge in [0.1, 0.15) is 6.04 Å². The second-order valence-electron chi connectivity index (χ2n) is 6.91. The molecule has 25 heavy (non-hydrogen) atoms. The van der Waals surface area contributed by atoms with Gasteiger partial charge in [0, 0.05) is 39.0 Å². The number of nitrogens with zero attached hydrogens (tertiary/aromatic N) is 2. The van der Waals surface area contributed by atoms with Crippen LogP contribution < -0.4 is 5.32 Å². The van der Waals surface area contributed by atoms with Crippen molar-refractivity contribution >= 4 is 23.7 Å². The first kappa shape index (κ1) is 19.2. The van der Waals surface area contributed by atoms with Crippen LogP contribution in [0.3, 0.4) is 0 Å². The largest absolute Gasteiger partial charge is 0.480 e. The Balaban J connectivity index is 2.03. The molecular weight excluding hydrogens is 326 g/mol. The Kier molecular flexibility index (Phi) is 6.39. The minimum Gasteiger partial charge on any atom is -0.480 e. The number of likely N-dealkylation sites (tertiary alicyclic amines) is 1. The number of carboxylic acid groups (broad SMARTS) is 1. The molecule has 0 aromatic rings. The molecule has 2 unspecified atom stereocenters. The molecule has 2 fully saturated rings. The Morgan fingerprint density at radius 3 is 2.52 bits per heavy atom. The lowest BCUT2D eigenvalue weighted by Crippen LogP contribution is -2.49. The smallest absolute Gasteiger partial charge is 0.326 e. The van der Waals surface area contributed by atoms with Crippen LogP contribution in [0.4, 0.5) is 0 Å². The fourth-order valence-electron chi connectivity index (χ4n) is 3.68. The van der Waals surface area contributed by atoms with Crippen LogP contribution >= 0.6 is 0 Å². The summed E-state index contributed by atoms with van der Waals surface area (Å²) in [5.41, 5.74) is 0. The Morgan fingerprint density at radius 1 is 1.32 bits per heavy atom. The molecule has 1 aliphatic heterocycles. The van der Waals surface area contributed by atoms with Crippen LogP contribution in [0.1, 0.15) is 46.0 Å². The molecule has 140 valence electrons. The van der Waals surface area contributed by atoms with Gasteiger partial charge in [0.15, 0.2) is 0 Å². The van der Waals surface area contributed by atoms with E-state index in [4.69, 9.17) is 0 Å². The van der Waals surface area contributed by atoms with E-state index < -0.39 is 17.9 Å². The van der Waals surface area contributed by atoms with Crippen molar-refractivity contribution in [3.05, 3.63) is 0 Å². The predicted molar refractivity (Wildman–Crippen MR) is 89.6 cm³/mol. The summed E-state index contributed by atoms with van der Waals surface area (Å²) >= 11 is 0. The molecular formula is C17H27N3O5. The van der Waals surface area contributed by atoms with Crippen LogP contribution in [-0.2, 0) is 19.2 Å². The minimum absolute atomic E-state index is 0.0185. The summed E-state index contributed by atoms with van der Waals surface area (Å²) < 4.78 is 0. The summed E-state index contributed by atoms with van der Waals surface area (Å²) in [6.07, 6.45) is 4.30. The van der Waals surface area contributed by atoms with Gasteiger partial charge in [-0.2, -0.15) is 0 Å². The van der Waals surface area contributed by atoms with Crippen molar-refractivity contribution in [3.8, 4) is 0 Å². The second kappa shape index (κ2) is 8.31. The number of carbonyl (C=O) groups is 4. The monoisotopic (exact) mass is 353 g/mol. The number of carboxylic acids is 1. The van der Waals surface area contributed by atoms with Crippen molar-refractivity contribution in [1.29, 1.82) is 0 Å². The van der Waals surface area contributed by atoms with Crippen molar-refractivity contribution in [2.75, 3.05) is 19.6 Å². The quantitative estimate of drug-likeness (QED) is 0.681. The zero-order valence-electron chi connectivity index (χ0n) is 14.9. The van der Waals surface area contributed by atoms with Crippen LogP contribution in [0.5, 0.6) is 0 Å². The number of hydrogen-bond donors (Lipinski definition) is 2. The minimum atomic E-state index is -1.10. The summed E-state index contributed by atoms with van der Waals surface area (Å²) in [5.74, 6) is -2.19. The number of hydrogen-bond acceptors (Lipinski definition) is 4. The van der Waals surface area contributed by atoms with E-state index in [0.717, 1.165) is 25.7 Å². The number of aliphatic carboxylic acids is 1. The molecule has 8 nitrogen and oxygen atoms in total. The number of nitrogens with one attached hydrogen (secondary N) is 1. The summed E-state index contributed by atoms with van der Waals surface area (Å²) in [5, 5.41) is 11.8.